The second-order valence-corrected chi connectivity index (χ2v) is 6.20. The molecule has 4 nitrogen and oxygen atoms in total. The zero-order valence-corrected chi connectivity index (χ0v) is 10.7. The minimum absolute atomic E-state index is 0.138. The number of hydrogen-bond acceptors (Lipinski definition) is 3. The van der Waals surface area contributed by atoms with Gasteiger partial charge in [-0.05, 0) is 37.4 Å². The van der Waals surface area contributed by atoms with Crippen molar-refractivity contribution in [2.75, 3.05) is 18.8 Å². The normalized spacial score (nSPS) is 29.3. The molecule has 0 bridgehead atoms. The Morgan fingerprint density at radius 3 is 2.76 bits per heavy atom. The zero-order valence-electron chi connectivity index (χ0n) is 9.93. The Labute approximate surface area is 106 Å². The molecule has 5 heteroatoms. The Morgan fingerprint density at radius 2 is 2.12 bits per heavy atom. The molecule has 17 heavy (non-hydrogen) atoms. The first-order chi connectivity index (χ1) is 8.16. The highest BCUT2D eigenvalue weighted by Crippen LogP contribution is 2.29. The number of aliphatic carboxylic acids is 1. The fourth-order valence-corrected chi connectivity index (χ4v) is 3.90. The second-order valence-electron chi connectivity index (χ2n) is 4.89. The lowest BCUT2D eigenvalue weighted by Gasteiger charge is -2.33. The molecule has 0 aromatic heterocycles. The summed E-state index contributed by atoms with van der Waals surface area (Å²) < 4.78 is 0. The number of nitrogens with zero attached hydrogens (tertiary/aromatic N) is 1. The van der Waals surface area contributed by atoms with Crippen LogP contribution in [0.5, 0.6) is 0 Å². The minimum Gasteiger partial charge on any atom is -0.481 e. The zero-order chi connectivity index (χ0) is 12.3. The molecule has 2 atom stereocenters. The van der Waals surface area contributed by atoms with E-state index in [0.29, 0.717) is 6.54 Å². The summed E-state index contributed by atoms with van der Waals surface area (Å²) in [6.45, 7) is 1.45. The molecule has 2 aliphatic rings. The van der Waals surface area contributed by atoms with Crippen LogP contribution >= 0.6 is 11.8 Å². The lowest BCUT2D eigenvalue weighted by atomic mass is 9.94. The maximum Gasteiger partial charge on any atom is 0.303 e. The summed E-state index contributed by atoms with van der Waals surface area (Å²) in [5, 5.41) is 8.93. The number of carbonyl (C=O) groups is 2. The number of carboxylic acids is 1. The van der Waals surface area contributed by atoms with Crippen LogP contribution in [0.4, 0.5) is 0 Å². The summed E-state index contributed by atoms with van der Waals surface area (Å²) in [4.78, 5) is 24.8. The molecule has 2 rings (SSSR count). The van der Waals surface area contributed by atoms with Crippen LogP contribution in [0, 0.1) is 5.92 Å². The molecule has 0 aromatic carbocycles. The van der Waals surface area contributed by atoms with Crippen LogP contribution in [0.25, 0.3) is 0 Å². The van der Waals surface area contributed by atoms with Crippen molar-refractivity contribution in [3.05, 3.63) is 0 Å². The number of hydrogen-bond donors (Lipinski definition) is 1. The van der Waals surface area contributed by atoms with Gasteiger partial charge in [0.2, 0.25) is 5.91 Å². The number of rotatable bonds is 3. The quantitative estimate of drug-likeness (QED) is 0.834. The number of likely N-dealkylation sites (tertiary alicyclic amines) is 1. The van der Waals surface area contributed by atoms with Crippen LogP contribution in [0.2, 0.25) is 0 Å². The van der Waals surface area contributed by atoms with Crippen molar-refractivity contribution in [3.8, 4) is 0 Å². The van der Waals surface area contributed by atoms with Crippen molar-refractivity contribution in [3.63, 3.8) is 0 Å². The van der Waals surface area contributed by atoms with Crippen molar-refractivity contribution in [2.24, 2.45) is 5.92 Å². The van der Waals surface area contributed by atoms with Crippen LogP contribution < -0.4 is 0 Å². The minimum atomic E-state index is -0.750. The fraction of sp³-hybridized carbons (Fsp3) is 0.833. The molecule has 96 valence electrons. The average molecular weight is 257 g/mol. The van der Waals surface area contributed by atoms with Crippen LogP contribution in [0.1, 0.15) is 32.1 Å². The van der Waals surface area contributed by atoms with Crippen LogP contribution in [0.15, 0.2) is 0 Å². The molecule has 0 radical (unpaired) electrons. The molecule has 2 heterocycles. The summed E-state index contributed by atoms with van der Waals surface area (Å²) >= 11 is 1.75. The lowest BCUT2D eigenvalue weighted by molar-refractivity contribution is -0.140. The van der Waals surface area contributed by atoms with E-state index in [4.69, 9.17) is 5.11 Å². The smallest absolute Gasteiger partial charge is 0.303 e. The number of thioether (sulfide) groups is 1. The largest absolute Gasteiger partial charge is 0.481 e. The van der Waals surface area contributed by atoms with Gasteiger partial charge in [-0.2, -0.15) is 0 Å². The Balaban J connectivity index is 1.87. The van der Waals surface area contributed by atoms with E-state index in [1.807, 2.05) is 4.90 Å². The predicted molar refractivity (Wildman–Crippen MR) is 67.0 cm³/mol. The molecule has 0 saturated carbocycles. The highest BCUT2D eigenvalue weighted by molar-refractivity contribution is 8.00. The molecule has 2 saturated heterocycles. The van der Waals surface area contributed by atoms with Crippen molar-refractivity contribution in [1.29, 1.82) is 0 Å². The van der Waals surface area contributed by atoms with Crippen LogP contribution in [-0.2, 0) is 9.59 Å². The SMILES string of the molecule is O=C(O)CC1CCCN(C(=O)C2CCCS2)C1. The van der Waals surface area contributed by atoms with Crippen molar-refractivity contribution in [2.45, 2.75) is 37.4 Å². The monoisotopic (exact) mass is 257 g/mol. The molecule has 1 amide bonds. The summed E-state index contributed by atoms with van der Waals surface area (Å²) in [7, 11) is 0. The molecule has 0 aromatic rings. The third-order valence-corrected chi connectivity index (χ3v) is 4.86. The molecule has 2 aliphatic heterocycles. The van der Waals surface area contributed by atoms with Crippen molar-refractivity contribution < 1.29 is 14.7 Å². The average Bonchev–Trinajstić information content (AvgIpc) is 2.81. The maximum absolute atomic E-state index is 12.2. The fourth-order valence-electron chi connectivity index (χ4n) is 2.65. The summed E-state index contributed by atoms with van der Waals surface area (Å²) in [5.41, 5.74) is 0. The summed E-state index contributed by atoms with van der Waals surface area (Å²) in [6, 6.07) is 0. The molecular formula is C12H19NO3S. The van der Waals surface area contributed by atoms with E-state index in [2.05, 4.69) is 0 Å². The molecule has 2 fully saturated rings. The molecule has 1 N–H and O–H groups in total. The van der Waals surface area contributed by atoms with E-state index in [9.17, 15) is 9.59 Å². The van der Waals surface area contributed by atoms with E-state index in [1.54, 1.807) is 11.8 Å². The van der Waals surface area contributed by atoms with Gasteiger partial charge in [-0.1, -0.05) is 0 Å². The van der Waals surface area contributed by atoms with E-state index in [-0.39, 0.29) is 23.5 Å². The third kappa shape index (κ3) is 3.37. The topological polar surface area (TPSA) is 57.6 Å². The third-order valence-electron chi connectivity index (χ3n) is 3.50. The van der Waals surface area contributed by atoms with Crippen molar-refractivity contribution >= 4 is 23.6 Å². The van der Waals surface area contributed by atoms with Crippen molar-refractivity contribution in [1.82, 2.24) is 4.90 Å². The van der Waals surface area contributed by atoms with Crippen LogP contribution in [0.3, 0.4) is 0 Å². The first-order valence-electron chi connectivity index (χ1n) is 6.29. The van der Waals surface area contributed by atoms with Gasteiger partial charge < -0.3 is 10.0 Å². The van der Waals surface area contributed by atoms with Gasteiger partial charge >= 0.3 is 5.97 Å². The molecular weight excluding hydrogens is 238 g/mol. The standard InChI is InChI=1S/C12H19NO3S/c14-11(15)7-9-3-1-5-13(8-9)12(16)10-4-2-6-17-10/h9-10H,1-8H2,(H,14,15). The highest BCUT2D eigenvalue weighted by Gasteiger charge is 2.31. The van der Waals surface area contributed by atoms with Gasteiger partial charge in [-0.3, -0.25) is 9.59 Å². The van der Waals surface area contributed by atoms with Gasteiger partial charge in [-0.25, -0.2) is 0 Å². The van der Waals surface area contributed by atoms with Crippen LogP contribution in [-0.4, -0.2) is 46.0 Å². The van der Waals surface area contributed by atoms with Gasteiger partial charge in [0, 0.05) is 19.5 Å². The summed E-state index contributed by atoms with van der Waals surface area (Å²) in [5.74, 6) is 0.724. The number of carbonyl (C=O) groups excluding carboxylic acids is 1. The van der Waals surface area contributed by atoms with Gasteiger partial charge in [0.15, 0.2) is 0 Å². The Morgan fingerprint density at radius 1 is 1.29 bits per heavy atom. The Kier molecular flexibility index (Phi) is 4.31. The Bertz CT molecular complexity index is 302. The molecule has 0 aliphatic carbocycles. The van der Waals surface area contributed by atoms with Gasteiger partial charge in [0.1, 0.15) is 0 Å². The Hall–Kier alpha value is -0.710. The number of carboxylic acid groups (broad SMARTS) is 1. The summed E-state index contributed by atoms with van der Waals surface area (Å²) in [6.07, 6.45) is 4.20. The number of amides is 1. The highest BCUT2D eigenvalue weighted by atomic mass is 32.2. The van der Waals surface area contributed by atoms with E-state index in [0.717, 1.165) is 38.0 Å². The van der Waals surface area contributed by atoms with E-state index in [1.165, 1.54) is 0 Å². The van der Waals surface area contributed by atoms with E-state index >= 15 is 0 Å². The van der Waals surface area contributed by atoms with Gasteiger partial charge in [0.05, 0.1) is 5.25 Å². The first-order valence-corrected chi connectivity index (χ1v) is 7.34. The maximum atomic E-state index is 12.2. The number of piperidine rings is 1. The second kappa shape index (κ2) is 5.76. The first kappa shape index (κ1) is 12.7. The molecule has 0 spiro atoms. The lowest BCUT2D eigenvalue weighted by Crippen LogP contribution is -2.44. The van der Waals surface area contributed by atoms with Gasteiger partial charge in [-0.15, -0.1) is 11.8 Å². The van der Waals surface area contributed by atoms with E-state index < -0.39 is 5.97 Å². The molecule has 2 unspecified atom stereocenters. The van der Waals surface area contributed by atoms with Gasteiger partial charge in [0.25, 0.3) is 0 Å². The predicted octanol–water partition coefficient (Wildman–Crippen LogP) is 1.60.